The molecule has 0 aliphatic carbocycles. The van der Waals surface area contributed by atoms with E-state index in [0.717, 1.165) is 11.8 Å². The highest BCUT2D eigenvalue weighted by molar-refractivity contribution is 4.93. The van der Waals surface area contributed by atoms with E-state index in [9.17, 15) is 0 Å². The van der Waals surface area contributed by atoms with Gasteiger partial charge in [0.1, 0.15) is 0 Å². The Balaban J connectivity index is 0. The van der Waals surface area contributed by atoms with Crippen molar-refractivity contribution >= 4 is 0 Å². The topological polar surface area (TPSA) is 0 Å². The second-order valence-electron chi connectivity index (χ2n) is 11.3. The Kier molecular flexibility index (Phi) is 33.5. The summed E-state index contributed by atoms with van der Waals surface area (Å²) in [5.74, 6) is 1.73. The summed E-state index contributed by atoms with van der Waals surface area (Å²) in [5, 5.41) is 0. The van der Waals surface area contributed by atoms with Crippen molar-refractivity contribution in [2.24, 2.45) is 11.8 Å². The van der Waals surface area contributed by atoms with Gasteiger partial charge in [0, 0.05) is 0 Å². The van der Waals surface area contributed by atoms with Gasteiger partial charge in [-0.15, -0.1) is 0 Å². The Hall–Kier alpha value is -0.780. The Morgan fingerprint density at radius 3 is 1.22 bits per heavy atom. The lowest BCUT2D eigenvalue weighted by atomic mass is 9.97. The molecule has 0 aliphatic heterocycles. The molecule has 0 heteroatoms. The van der Waals surface area contributed by atoms with Gasteiger partial charge in [-0.25, -0.2) is 0 Å². The molecule has 0 fully saturated rings. The van der Waals surface area contributed by atoms with E-state index in [-0.39, 0.29) is 0 Å². The van der Waals surface area contributed by atoms with Gasteiger partial charge in [-0.05, 0) is 63.2 Å². The molecule has 0 amide bonds. The van der Waals surface area contributed by atoms with Crippen LogP contribution in [-0.2, 0) is 0 Å². The average molecular weight is 503 g/mol. The summed E-state index contributed by atoms with van der Waals surface area (Å²) >= 11 is 0. The van der Waals surface area contributed by atoms with Crippen molar-refractivity contribution < 1.29 is 0 Å². The largest absolute Gasteiger partial charge is 0.0999 e. The second-order valence-corrected chi connectivity index (χ2v) is 11.3. The summed E-state index contributed by atoms with van der Waals surface area (Å²) in [5.41, 5.74) is 1.51. The fourth-order valence-corrected chi connectivity index (χ4v) is 4.74. The van der Waals surface area contributed by atoms with Crippen LogP contribution in [-0.4, -0.2) is 0 Å². The van der Waals surface area contributed by atoms with Crippen LogP contribution in [0.1, 0.15) is 183 Å². The van der Waals surface area contributed by atoms with Crippen LogP contribution in [0.15, 0.2) is 36.5 Å². The van der Waals surface area contributed by atoms with Crippen LogP contribution in [0, 0.1) is 11.8 Å². The molecular formula is C36H70. The molecule has 214 valence electrons. The van der Waals surface area contributed by atoms with Gasteiger partial charge in [0.05, 0.1) is 0 Å². The number of hydrogen-bond donors (Lipinski definition) is 0. The van der Waals surface area contributed by atoms with E-state index in [1.165, 1.54) is 147 Å². The zero-order chi connectivity index (χ0) is 27.1. The Labute approximate surface area is 230 Å². The monoisotopic (exact) mass is 503 g/mol. The first-order valence-electron chi connectivity index (χ1n) is 16.6. The molecule has 0 radical (unpaired) electrons. The third-order valence-corrected chi connectivity index (χ3v) is 7.28. The maximum Gasteiger partial charge on any atom is -0.0323 e. The van der Waals surface area contributed by atoms with E-state index in [4.69, 9.17) is 0 Å². The highest BCUT2D eigenvalue weighted by Crippen LogP contribution is 2.19. The van der Waals surface area contributed by atoms with Gasteiger partial charge in [0.15, 0.2) is 0 Å². The van der Waals surface area contributed by atoms with Crippen molar-refractivity contribution in [3.63, 3.8) is 0 Å². The van der Waals surface area contributed by atoms with E-state index in [2.05, 4.69) is 58.6 Å². The zero-order valence-corrected chi connectivity index (χ0v) is 26.2. The van der Waals surface area contributed by atoms with E-state index in [0.29, 0.717) is 0 Å². The molecule has 36 heavy (non-hydrogen) atoms. The maximum atomic E-state index is 4.35. The molecule has 0 aromatic rings. The van der Waals surface area contributed by atoms with Crippen LogP contribution in [0.4, 0.5) is 0 Å². The third kappa shape index (κ3) is 31.3. The van der Waals surface area contributed by atoms with Gasteiger partial charge in [-0.2, -0.15) is 0 Å². The van der Waals surface area contributed by atoms with Crippen molar-refractivity contribution in [3.05, 3.63) is 36.5 Å². The summed E-state index contributed by atoms with van der Waals surface area (Å²) in [6.45, 7) is 17.7. The molecule has 2 unspecified atom stereocenters. The second kappa shape index (κ2) is 32.2. The zero-order valence-electron chi connectivity index (χ0n) is 26.2. The van der Waals surface area contributed by atoms with Crippen molar-refractivity contribution in [1.29, 1.82) is 0 Å². The molecule has 0 aromatic carbocycles. The first kappa shape index (κ1) is 37.4. The van der Waals surface area contributed by atoms with Gasteiger partial charge in [0.25, 0.3) is 0 Å². The Bertz CT molecular complexity index is 426. The summed E-state index contributed by atoms with van der Waals surface area (Å²) in [6.07, 6.45) is 39.4. The van der Waals surface area contributed by atoms with Gasteiger partial charge in [0.2, 0.25) is 0 Å². The molecule has 0 N–H and O–H groups in total. The number of hydrogen-bond acceptors (Lipinski definition) is 0. The first-order valence-corrected chi connectivity index (χ1v) is 16.6. The van der Waals surface area contributed by atoms with Gasteiger partial charge < -0.3 is 0 Å². The van der Waals surface area contributed by atoms with Crippen LogP contribution in [0.3, 0.4) is 0 Å². The Morgan fingerprint density at radius 1 is 0.528 bits per heavy atom. The minimum absolute atomic E-state index is 0.864. The molecule has 0 aromatic heterocycles. The molecule has 0 nitrogen and oxygen atoms in total. The summed E-state index contributed by atoms with van der Waals surface area (Å²) in [7, 11) is 0. The molecule has 0 aliphatic rings. The summed E-state index contributed by atoms with van der Waals surface area (Å²) < 4.78 is 0. The van der Waals surface area contributed by atoms with Crippen LogP contribution in [0.2, 0.25) is 0 Å². The van der Waals surface area contributed by atoms with Gasteiger partial charge in [-0.1, -0.05) is 168 Å². The van der Waals surface area contributed by atoms with Gasteiger partial charge >= 0.3 is 0 Å². The number of rotatable bonds is 26. The molecule has 0 saturated carbocycles. The molecule has 0 spiro atoms. The predicted molar refractivity (Wildman–Crippen MR) is 170 cm³/mol. The predicted octanol–water partition coefficient (Wildman–Crippen LogP) is 13.6. The fourth-order valence-electron chi connectivity index (χ4n) is 4.74. The van der Waals surface area contributed by atoms with E-state index in [1.807, 2.05) is 13.8 Å². The number of allylic oxidation sites excluding steroid dienone is 5. The van der Waals surface area contributed by atoms with Crippen LogP contribution >= 0.6 is 0 Å². The highest BCUT2D eigenvalue weighted by Gasteiger charge is 2.02. The van der Waals surface area contributed by atoms with Crippen LogP contribution in [0.5, 0.6) is 0 Å². The third-order valence-electron chi connectivity index (χ3n) is 7.28. The lowest BCUT2D eigenvalue weighted by Gasteiger charge is -2.09. The van der Waals surface area contributed by atoms with Gasteiger partial charge in [-0.3, -0.25) is 0 Å². The number of unbranched alkanes of at least 4 members (excludes halogenated alkanes) is 12. The van der Waals surface area contributed by atoms with Crippen molar-refractivity contribution in [2.45, 2.75) is 183 Å². The van der Waals surface area contributed by atoms with Crippen molar-refractivity contribution in [1.82, 2.24) is 0 Å². The van der Waals surface area contributed by atoms with Crippen molar-refractivity contribution in [3.8, 4) is 0 Å². The maximum absolute atomic E-state index is 4.35. The van der Waals surface area contributed by atoms with Crippen LogP contribution in [0.25, 0.3) is 0 Å². The minimum atomic E-state index is 0.864. The quantitative estimate of drug-likeness (QED) is 0.0814. The Morgan fingerprint density at radius 2 is 0.861 bits per heavy atom. The summed E-state index contributed by atoms with van der Waals surface area (Å²) in [4.78, 5) is 0. The first-order chi connectivity index (χ1) is 17.6. The lowest BCUT2D eigenvalue weighted by Crippen LogP contribution is -1.93. The fraction of sp³-hybridized carbons (Fsp3) is 0.833. The molecule has 0 rings (SSSR count). The molecule has 0 heterocycles. The molecule has 0 bridgehead atoms. The minimum Gasteiger partial charge on any atom is -0.0999 e. The van der Waals surface area contributed by atoms with E-state index < -0.39 is 0 Å². The summed E-state index contributed by atoms with van der Waals surface area (Å²) in [6, 6.07) is 0. The van der Waals surface area contributed by atoms with E-state index in [1.54, 1.807) is 0 Å². The molecule has 0 saturated heterocycles. The molecule has 2 atom stereocenters. The van der Waals surface area contributed by atoms with E-state index >= 15 is 0 Å². The highest BCUT2D eigenvalue weighted by atomic mass is 14.1. The molecular weight excluding hydrogens is 432 g/mol. The normalized spacial score (nSPS) is 13.2. The average Bonchev–Trinajstić information content (AvgIpc) is 2.88. The van der Waals surface area contributed by atoms with Crippen molar-refractivity contribution in [2.75, 3.05) is 0 Å². The standard InChI is InChI=1S/C34H64.C2H6/c1-6-8-10-20-26-32(3)28-22-16-12-14-18-24-30-34(5)31-25-19-15-13-17-23-29-33(4)27-21-11-9-7-2;1-2/h10-11,20-21,32-33H,5-9,12-19,22-31H2,1-4H3;1-2H3/b20-10+,21-11+;. The SMILES string of the molecule is C=C(CCCCCCCCC(C)C/C=C/CCC)CCCCCCCCC(C)C/C=C/CCC.CC. The lowest BCUT2D eigenvalue weighted by molar-refractivity contribution is 0.483. The smallest absolute Gasteiger partial charge is 0.0323 e. The van der Waals surface area contributed by atoms with Crippen LogP contribution < -0.4 is 0 Å².